The van der Waals surface area contributed by atoms with Gasteiger partial charge in [0.2, 0.25) is 0 Å². The van der Waals surface area contributed by atoms with E-state index in [1.165, 1.54) is 19.3 Å². The van der Waals surface area contributed by atoms with Gasteiger partial charge in [-0.2, -0.15) is 0 Å². The fourth-order valence-electron chi connectivity index (χ4n) is 9.51. The molecule has 0 aromatic carbocycles. The Kier molecular flexibility index (Phi) is 10.7. The molecule has 13 N–H and O–H groups in total. The van der Waals surface area contributed by atoms with E-state index >= 15 is 0 Å². The molecule has 3 saturated heterocycles. The molecule has 16 nitrogen and oxygen atoms in total. The lowest BCUT2D eigenvalue weighted by Gasteiger charge is -2.60. The van der Waals surface area contributed by atoms with Crippen LogP contribution in [0.25, 0.3) is 0 Å². The first-order valence-electron chi connectivity index (χ1n) is 16.7. The van der Waals surface area contributed by atoms with Gasteiger partial charge in [-0.3, -0.25) is 0 Å². The van der Waals surface area contributed by atoms with E-state index in [1.54, 1.807) is 0 Å². The van der Waals surface area contributed by atoms with Crippen LogP contribution in [-0.2, 0) is 23.7 Å². The van der Waals surface area contributed by atoms with Crippen LogP contribution in [0.4, 0.5) is 0 Å². The van der Waals surface area contributed by atoms with Gasteiger partial charge in [-0.05, 0) is 68.6 Å². The molecule has 4 saturated carbocycles. The van der Waals surface area contributed by atoms with E-state index in [9.17, 15) is 40.9 Å². The molecular weight excluding hydrogens is 610 g/mol. The van der Waals surface area contributed by atoms with Crippen molar-refractivity contribution < 1.29 is 64.5 Å². The summed E-state index contributed by atoms with van der Waals surface area (Å²) in [4.78, 5) is 0. The number of nitrogens with two attached hydrogens (primary N) is 2. The summed E-state index contributed by atoms with van der Waals surface area (Å²) in [5.41, 5.74) is 12.1. The van der Waals surface area contributed by atoms with Gasteiger partial charge in [-0.25, -0.2) is 0 Å². The van der Waals surface area contributed by atoms with Crippen molar-refractivity contribution in [3.63, 3.8) is 0 Å². The molecule has 0 radical (unpaired) electrons. The zero-order valence-electron chi connectivity index (χ0n) is 26.1. The number of rotatable bonds is 10. The predicted molar refractivity (Wildman–Crippen MR) is 156 cm³/mol. The van der Waals surface area contributed by atoms with Crippen molar-refractivity contribution in [2.45, 2.75) is 143 Å². The molecule has 4 aliphatic carbocycles. The van der Waals surface area contributed by atoms with Gasteiger partial charge in [0.1, 0.15) is 54.9 Å². The Labute approximate surface area is 267 Å². The van der Waals surface area contributed by atoms with E-state index in [2.05, 4.69) is 12.2 Å². The second-order valence-electron chi connectivity index (χ2n) is 14.7. The molecule has 0 amide bonds. The number of aliphatic hydroxyl groups is 8. The van der Waals surface area contributed by atoms with E-state index in [0.717, 1.165) is 19.3 Å². The van der Waals surface area contributed by atoms with Crippen molar-refractivity contribution in [2.24, 2.45) is 34.6 Å². The zero-order valence-corrected chi connectivity index (χ0v) is 26.1. The van der Waals surface area contributed by atoms with Crippen molar-refractivity contribution in [1.82, 2.24) is 5.32 Å². The number of ether oxygens (including phenoxy) is 5. The Morgan fingerprint density at radius 2 is 1.17 bits per heavy atom. The molecule has 3 unspecified atom stereocenters. The molecule has 266 valence electrons. The summed E-state index contributed by atoms with van der Waals surface area (Å²) >= 11 is 0. The predicted octanol–water partition coefficient (Wildman–Crippen LogP) is -4.44. The molecule has 16 atom stereocenters. The summed E-state index contributed by atoms with van der Waals surface area (Å²) in [7, 11) is 0. The van der Waals surface area contributed by atoms with Crippen molar-refractivity contribution in [1.29, 1.82) is 0 Å². The lowest BCUT2D eigenvalue weighted by atomic mass is 9.48. The minimum atomic E-state index is -1.55. The smallest absolute Gasteiger partial charge is 0.176 e. The first-order valence-corrected chi connectivity index (χ1v) is 16.7. The summed E-state index contributed by atoms with van der Waals surface area (Å²) in [6.45, 7) is 0.181. The van der Waals surface area contributed by atoms with Crippen LogP contribution < -0.4 is 16.8 Å². The van der Waals surface area contributed by atoms with E-state index in [0.29, 0.717) is 17.8 Å². The third kappa shape index (κ3) is 6.39. The summed E-state index contributed by atoms with van der Waals surface area (Å²) < 4.78 is 29.6. The molecule has 3 aliphatic heterocycles. The topological polar surface area (TPSA) is 272 Å². The van der Waals surface area contributed by atoms with Crippen molar-refractivity contribution >= 4 is 0 Å². The first-order chi connectivity index (χ1) is 21.9. The normalized spacial score (nSPS) is 54.6. The maximum Gasteiger partial charge on any atom is 0.176 e. The van der Waals surface area contributed by atoms with Crippen LogP contribution in [0.15, 0.2) is 0 Å². The van der Waals surface area contributed by atoms with E-state index < -0.39 is 112 Å². The molecule has 16 heteroatoms. The third-order valence-corrected chi connectivity index (χ3v) is 11.7. The number of nitrogens with one attached hydrogen (secondary N) is 1. The zero-order chi connectivity index (χ0) is 33.1. The van der Waals surface area contributed by atoms with Crippen LogP contribution in [-0.4, -0.2) is 159 Å². The number of hydrogen-bond acceptors (Lipinski definition) is 16. The van der Waals surface area contributed by atoms with E-state index in [-0.39, 0.29) is 11.5 Å². The van der Waals surface area contributed by atoms with Gasteiger partial charge in [0.15, 0.2) is 18.9 Å². The third-order valence-electron chi connectivity index (χ3n) is 11.7. The van der Waals surface area contributed by atoms with E-state index in [4.69, 9.17) is 35.2 Å². The van der Waals surface area contributed by atoms with E-state index in [1.807, 2.05) is 0 Å². The Balaban J connectivity index is 1.27. The van der Waals surface area contributed by atoms with Crippen LogP contribution >= 0.6 is 0 Å². The highest BCUT2D eigenvalue weighted by Crippen LogP contribution is 2.61. The highest BCUT2D eigenvalue weighted by molar-refractivity contribution is 5.07. The maximum absolute atomic E-state index is 12.0. The quantitative estimate of drug-likeness (QED) is 0.105. The van der Waals surface area contributed by atoms with Gasteiger partial charge < -0.3 is 81.3 Å². The van der Waals surface area contributed by atoms with Crippen LogP contribution in [0.2, 0.25) is 0 Å². The monoisotopic (exact) mass is 663 g/mol. The summed E-state index contributed by atoms with van der Waals surface area (Å²) in [6, 6.07) is -3.65. The lowest BCUT2D eigenvalue weighted by molar-refractivity contribution is -0.351. The summed E-state index contributed by atoms with van der Waals surface area (Å²) in [5, 5.41) is 87.4. The van der Waals surface area contributed by atoms with Crippen molar-refractivity contribution in [3.05, 3.63) is 0 Å². The number of aliphatic hydroxyl groups excluding tert-OH is 8. The Bertz CT molecular complexity index is 991. The molecule has 7 aliphatic rings. The van der Waals surface area contributed by atoms with Gasteiger partial charge in [0.05, 0.1) is 37.9 Å². The summed E-state index contributed by atoms with van der Waals surface area (Å²) in [5.74, 6) is 1.97. The molecule has 0 aromatic heterocycles. The SMILES string of the molecule is CC(N[C@H]1[C@H](OC2[C@@H](CO)O[C@@H](O)[C@H](N)[C@H]2O)O[C@H](CO)C(O[C@@H]2O[C@H](CO)[C@@H](O)[C@H](O)[C@H]2N)[C@@H]1O)C12CC3CC(CC(C3)C1)C2. The standard InChI is InChI=1S/C30H53N3O13/c1-11(30-5-12-2-13(6-30)4-14(3-12)7-30)33-20-24(40)26(45-28-19(32)22(38)21(37)15(8-34)43-28)17(10-36)44-29(20)46-25-16(9-35)42-27(41)18(31)23(25)39/h11-29,33-41H,2-10,31-32H2,1H3/t11?,12?,13?,14?,15-,16-,17-,18-,19-,20-,21-,22-,23-,24-,25?,26?,27-,28+,29+,30?/m1/s1. The second-order valence-corrected chi connectivity index (χ2v) is 14.7. The molecule has 3 heterocycles. The van der Waals surface area contributed by atoms with Gasteiger partial charge >= 0.3 is 0 Å². The molecule has 7 fully saturated rings. The Hall–Kier alpha value is -0.640. The largest absolute Gasteiger partial charge is 0.394 e. The van der Waals surface area contributed by atoms with Crippen LogP contribution in [0.5, 0.6) is 0 Å². The maximum atomic E-state index is 12.0. The summed E-state index contributed by atoms with van der Waals surface area (Å²) in [6.07, 6.45) is -9.40. The number of hydrogen-bond donors (Lipinski definition) is 11. The molecule has 0 aromatic rings. The van der Waals surface area contributed by atoms with Gasteiger partial charge in [0.25, 0.3) is 0 Å². The lowest BCUT2D eigenvalue weighted by Crippen LogP contribution is -2.71. The second kappa shape index (κ2) is 13.9. The van der Waals surface area contributed by atoms with Crippen molar-refractivity contribution in [2.75, 3.05) is 19.8 Å². The van der Waals surface area contributed by atoms with Crippen LogP contribution in [0.3, 0.4) is 0 Å². The fourth-order valence-corrected chi connectivity index (χ4v) is 9.51. The van der Waals surface area contributed by atoms with Gasteiger partial charge in [-0.1, -0.05) is 0 Å². The highest BCUT2D eigenvalue weighted by Gasteiger charge is 2.57. The van der Waals surface area contributed by atoms with Gasteiger partial charge in [-0.15, -0.1) is 0 Å². The highest BCUT2D eigenvalue weighted by atomic mass is 16.7. The molecule has 0 spiro atoms. The molecule has 4 bridgehead atoms. The van der Waals surface area contributed by atoms with Gasteiger partial charge in [0, 0.05) is 6.04 Å². The average Bonchev–Trinajstić information content (AvgIpc) is 3.03. The molecular formula is C30H53N3O13. The Morgan fingerprint density at radius 3 is 1.74 bits per heavy atom. The minimum Gasteiger partial charge on any atom is -0.394 e. The average molecular weight is 664 g/mol. The molecule has 46 heavy (non-hydrogen) atoms. The van der Waals surface area contributed by atoms with Crippen molar-refractivity contribution in [3.8, 4) is 0 Å². The van der Waals surface area contributed by atoms with Crippen LogP contribution in [0.1, 0.15) is 45.4 Å². The molecule has 7 rings (SSSR count). The van der Waals surface area contributed by atoms with Crippen LogP contribution in [0, 0.1) is 23.2 Å². The first kappa shape index (κ1) is 35.2. The Morgan fingerprint density at radius 1 is 0.674 bits per heavy atom. The fraction of sp³-hybridized carbons (Fsp3) is 1.00. The minimum absolute atomic E-state index is 0.0137.